The van der Waals surface area contributed by atoms with Crippen LogP contribution in [0.3, 0.4) is 0 Å². The van der Waals surface area contributed by atoms with Crippen LogP contribution in [0.15, 0.2) is 36.5 Å². The Morgan fingerprint density at radius 3 is 2.87 bits per heavy atom. The molecule has 124 valence electrons. The standard InChI is InChI=1S/C18H24N4.ClH/c1-15-4-2-3-5-17(15)22-16(6-9-20-22)12-21-11-8-18(14-21)7-10-19-13-18;/h2-6,9,19H,7-8,10-14H2,1H3;1H. The number of aryl methyl sites for hydroxylation is 1. The van der Waals surface area contributed by atoms with Gasteiger partial charge >= 0.3 is 0 Å². The maximum atomic E-state index is 4.56. The highest BCUT2D eigenvalue weighted by Gasteiger charge is 2.40. The van der Waals surface area contributed by atoms with Crippen LogP contribution in [-0.2, 0) is 6.54 Å². The van der Waals surface area contributed by atoms with E-state index in [1.54, 1.807) is 0 Å². The highest BCUT2D eigenvalue weighted by molar-refractivity contribution is 5.85. The van der Waals surface area contributed by atoms with E-state index >= 15 is 0 Å². The summed E-state index contributed by atoms with van der Waals surface area (Å²) in [5, 5.41) is 8.09. The SMILES string of the molecule is Cc1ccccc1-n1nccc1CN1CCC2(CCNC2)C1.Cl. The highest BCUT2D eigenvalue weighted by Crippen LogP contribution is 2.36. The van der Waals surface area contributed by atoms with Gasteiger partial charge in [0.15, 0.2) is 0 Å². The Hall–Kier alpha value is -1.36. The molecular weight excluding hydrogens is 308 g/mol. The molecule has 2 fully saturated rings. The van der Waals surface area contributed by atoms with Gasteiger partial charge in [0.25, 0.3) is 0 Å². The van der Waals surface area contributed by atoms with Gasteiger partial charge in [0.05, 0.1) is 11.4 Å². The molecule has 0 saturated carbocycles. The molecular formula is C18H25ClN4. The van der Waals surface area contributed by atoms with Crippen LogP contribution < -0.4 is 5.32 Å². The summed E-state index contributed by atoms with van der Waals surface area (Å²) < 4.78 is 2.10. The van der Waals surface area contributed by atoms with Crippen molar-refractivity contribution in [2.24, 2.45) is 5.41 Å². The lowest BCUT2D eigenvalue weighted by Gasteiger charge is -2.23. The number of nitrogens with zero attached hydrogens (tertiary/aromatic N) is 3. The van der Waals surface area contributed by atoms with E-state index in [1.807, 2.05) is 6.20 Å². The maximum Gasteiger partial charge on any atom is 0.0678 e. The van der Waals surface area contributed by atoms with Gasteiger partial charge in [0.2, 0.25) is 0 Å². The third-order valence-corrected chi connectivity index (χ3v) is 5.30. The van der Waals surface area contributed by atoms with E-state index in [2.05, 4.69) is 57.3 Å². The molecule has 2 saturated heterocycles. The van der Waals surface area contributed by atoms with Crippen molar-refractivity contribution in [2.45, 2.75) is 26.3 Å². The van der Waals surface area contributed by atoms with Crippen molar-refractivity contribution in [2.75, 3.05) is 26.2 Å². The number of halogens is 1. The minimum Gasteiger partial charge on any atom is -0.316 e. The van der Waals surface area contributed by atoms with Crippen LogP contribution in [-0.4, -0.2) is 40.9 Å². The molecule has 0 radical (unpaired) electrons. The quantitative estimate of drug-likeness (QED) is 0.938. The molecule has 4 nitrogen and oxygen atoms in total. The van der Waals surface area contributed by atoms with Gasteiger partial charge in [-0.25, -0.2) is 4.68 Å². The fourth-order valence-corrected chi connectivity index (χ4v) is 4.00. The lowest BCUT2D eigenvalue weighted by molar-refractivity contribution is 0.265. The van der Waals surface area contributed by atoms with Crippen LogP contribution in [0, 0.1) is 12.3 Å². The average Bonchev–Trinajstić information content (AvgIpc) is 3.24. The van der Waals surface area contributed by atoms with Crippen molar-refractivity contribution in [3.63, 3.8) is 0 Å². The molecule has 1 unspecified atom stereocenters. The zero-order valence-electron chi connectivity index (χ0n) is 13.7. The van der Waals surface area contributed by atoms with Crippen LogP contribution in [0.5, 0.6) is 0 Å². The average molecular weight is 333 g/mol. The van der Waals surface area contributed by atoms with Crippen LogP contribution in [0.2, 0.25) is 0 Å². The third kappa shape index (κ3) is 3.16. The molecule has 1 aromatic heterocycles. The van der Waals surface area contributed by atoms with Crippen LogP contribution in [0.25, 0.3) is 5.69 Å². The molecule has 3 heterocycles. The summed E-state index contributed by atoms with van der Waals surface area (Å²) in [6, 6.07) is 10.6. The number of benzene rings is 1. The van der Waals surface area contributed by atoms with E-state index in [0.717, 1.165) is 6.54 Å². The molecule has 0 aliphatic carbocycles. The third-order valence-electron chi connectivity index (χ3n) is 5.30. The summed E-state index contributed by atoms with van der Waals surface area (Å²) in [6.07, 6.45) is 4.59. The summed E-state index contributed by atoms with van der Waals surface area (Å²) in [7, 11) is 0. The lowest BCUT2D eigenvalue weighted by atomic mass is 9.87. The predicted octanol–water partition coefficient (Wildman–Crippen LogP) is 2.79. The van der Waals surface area contributed by atoms with Gasteiger partial charge in [-0.05, 0) is 56.0 Å². The second kappa shape index (κ2) is 6.63. The van der Waals surface area contributed by atoms with E-state index < -0.39 is 0 Å². The molecule has 1 spiro atoms. The fraction of sp³-hybridized carbons (Fsp3) is 0.500. The molecule has 2 aromatic rings. The first-order chi connectivity index (χ1) is 10.8. The second-order valence-electron chi connectivity index (χ2n) is 6.91. The minimum absolute atomic E-state index is 0. The minimum atomic E-state index is 0. The summed E-state index contributed by atoms with van der Waals surface area (Å²) in [4.78, 5) is 2.60. The van der Waals surface area contributed by atoms with Crippen LogP contribution in [0.4, 0.5) is 0 Å². The van der Waals surface area contributed by atoms with E-state index in [9.17, 15) is 0 Å². The Morgan fingerprint density at radius 2 is 2.09 bits per heavy atom. The number of likely N-dealkylation sites (tertiary alicyclic amines) is 1. The molecule has 2 aliphatic heterocycles. The maximum absolute atomic E-state index is 4.56. The number of aromatic nitrogens is 2. The Kier molecular flexibility index (Phi) is 4.76. The number of nitrogens with one attached hydrogen (secondary N) is 1. The topological polar surface area (TPSA) is 33.1 Å². The van der Waals surface area contributed by atoms with Crippen LogP contribution in [0.1, 0.15) is 24.1 Å². The molecule has 1 N–H and O–H groups in total. The normalized spacial score (nSPS) is 24.2. The van der Waals surface area contributed by atoms with Crippen molar-refractivity contribution >= 4 is 12.4 Å². The number of hydrogen-bond acceptors (Lipinski definition) is 3. The Balaban J connectivity index is 0.00000156. The predicted molar refractivity (Wildman–Crippen MR) is 95.4 cm³/mol. The van der Waals surface area contributed by atoms with Gasteiger partial charge in [0, 0.05) is 25.8 Å². The van der Waals surface area contributed by atoms with E-state index in [0.29, 0.717) is 5.41 Å². The van der Waals surface area contributed by atoms with Gasteiger partial charge < -0.3 is 5.32 Å². The monoisotopic (exact) mass is 332 g/mol. The van der Waals surface area contributed by atoms with Gasteiger partial charge in [-0.1, -0.05) is 18.2 Å². The van der Waals surface area contributed by atoms with Gasteiger partial charge in [0.1, 0.15) is 0 Å². The first-order valence-electron chi connectivity index (χ1n) is 8.28. The summed E-state index contributed by atoms with van der Waals surface area (Å²) in [5.74, 6) is 0. The number of para-hydroxylation sites is 1. The summed E-state index contributed by atoms with van der Waals surface area (Å²) in [5.41, 5.74) is 4.29. The van der Waals surface area contributed by atoms with E-state index in [4.69, 9.17) is 0 Å². The lowest BCUT2D eigenvalue weighted by Crippen LogP contribution is -2.29. The summed E-state index contributed by atoms with van der Waals surface area (Å²) >= 11 is 0. The molecule has 4 rings (SSSR count). The van der Waals surface area contributed by atoms with Gasteiger partial charge in [-0.3, -0.25) is 4.90 Å². The molecule has 1 atom stereocenters. The molecule has 23 heavy (non-hydrogen) atoms. The zero-order valence-corrected chi connectivity index (χ0v) is 14.5. The van der Waals surface area contributed by atoms with Gasteiger partial charge in [-0.2, -0.15) is 5.10 Å². The molecule has 0 amide bonds. The fourth-order valence-electron chi connectivity index (χ4n) is 4.00. The van der Waals surface area contributed by atoms with Crippen molar-refractivity contribution in [1.29, 1.82) is 0 Å². The van der Waals surface area contributed by atoms with Crippen molar-refractivity contribution < 1.29 is 0 Å². The second-order valence-corrected chi connectivity index (χ2v) is 6.91. The first kappa shape index (κ1) is 16.5. The molecule has 2 aliphatic rings. The van der Waals surface area contributed by atoms with Crippen LogP contribution >= 0.6 is 12.4 Å². The van der Waals surface area contributed by atoms with Crippen molar-refractivity contribution in [3.05, 3.63) is 47.8 Å². The summed E-state index contributed by atoms with van der Waals surface area (Å²) in [6.45, 7) is 7.96. The molecule has 5 heteroatoms. The number of rotatable bonds is 3. The van der Waals surface area contributed by atoms with Crippen molar-refractivity contribution in [3.8, 4) is 5.69 Å². The zero-order chi connectivity index (χ0) is 15.0. The van der Waals surface area contributed by atoms with E-state index in [1.165, 1.54) is 56.0 Å². The smallest absolute Gasteiger partial charge is 0.0678 e. The first-order valence-corrected chi connectivity index (χ1v) is 8.28. The van der Waals surface area contributed by atoms with Gasteiger partial charge in [-0.15, -0.1) is 12.4 Å². The number of hydrogen-bond donors (Lipinski definition) is 1. The van der Waals surface area contributed by atoms with E-state index in [-0.39, 0.29) is 12.4 Å². The Labute approximate surface area is 144 Å². The van der Waals surface area contributed by atoms with Crippen molar-refractivity contribution in [1.82, 2.24) is 20.0 Å². The Bertz CT molecular complexity index is 661. The largest absolute Gasteiger partial charge is 0.316 e. The molecule has 1 aromatic carbocycles. The Morgan fingerprint density at radius 1 is 1.22 bits per heavy atom. The highest BCUT2D eigenvalue weighted by atomic mass is 35.5. The molecule has 0 bridgehead atoms.